The minimum Gasteiger partial charge on any atom is -0.358 e. The summed E-state index contributed by atoms with van der Waals surface area (Å²) in [5.74, 6) is 0. The monoisotopic (exact) mass is 126 g/mol. The van der Waals surface area contributed by atoms with E-state index < -0.39 is 0 Å². The average Bonchev–Trinajstić information content (AvgIpc) is 2.24. The van der Waals surface area contributed by atoms with Crippen LogP contribution in [0.2, 0.25) is 0 Å². The van der Waals surface area contributed by atoms with Crippen LogP contribution in [0.5, 0.6) is 0 Å². The van der Waals surface area contributed by atoms with Crippen molar-refractivity contribution >= 4 is 0 Å². The van der Waals surface area contributed by atoms with Gasteiger partial charge in [0.15, 0.2) is 0 Å². The number of aromatic nitrogens is 2. The van der Waals surface area contributed by atoms with Crippen LogP contribution in [0.1, 0.15) is 6.92 Å². The van der Waals surface area contributed by atoms with Gasteiger partial charge in [0, 0.05) is 19.4 Å². The number of hydrogen-bond acceptors (Lipinski definition) is 1. The zero-order chi connectivity index (χ0) is 6.41. The Morgan fingerprint density at radius 1 is 1.44 bits per heavy atom. The molecule has 0 aliphatic rings. The summed E-state index contributed by atoms with van der Waals surface area (Å²) in [5, 5.41) is 0. The van der Waals surface area contributed by atoms with Crippen molar-refractivity contribution in [3.05, 3.63) is 33.1 Å². The van der Waals surface area contributed by atoms with E-state index in [1.165, 1.54) is 0 Å². The van der Waals surface area contributed by atoms with Gasteiger partial charge in [-0.1, -0.05) is 0 Å². The second kappa shape index (κ2) is 7.08. The van der Waals surface area contributed by atoms with Crippen LogP contribution in [0.4, 0.5) is 0 Å². The second-order valence-electron chi connectivity index (χ2n) is 1.23. The molecule has 1 aromatic rings. The number of nitrogens with zero attached hydrogens (tertiary/aromatic N) is 2. The molecule has 0 atom stereocenters. The smallest absolute Gasteiger partial charge is 0.0943 e. The molecule has 52 valence electrons. The summed E-state index contributed by atoms with van der Waals surface area (Å²) >= 11 is 0. The van der Waals surface area contributed by atoms with Crippen molar-refractivity contribution in [1.29, 1.82) is 0 Å². The van der Waals surface area contributed by atoms with Gasteiger partial charge in [0.25, 0.3) is 0 Å². The van der Waals surface area contributed by atoms with E-state index in [1.807, 2.05) is 17.8 Å². The molecule has 0 bridgehead atoms. The Bertz CT molecular complexity index is 110. The largest absolute Gasteiger partial charge is 0.358 e. The summed E-state index contributed by atoms with van der Waals surface area (Å²) in [4.78, 5) is 3.78. The van der Waals surface area contributed by atoms with Gasteiger partial charge in [-0.3, -0.25) is 0 Å². The number of rotatable bonds is 0. The molecule has 0 N–H and O–H groups in total. The second-order valence-corrected chi connectivity index (χ2v) is 1.23. The van der Waals surface area contributed by atoms with Crippen molar-refractivity contribution in [2.24, 2.45) is 7.05 Å². The van der Waals surface area contributed by atoms with Crippen LogP contribution in [-0.2, 0) is 7.05 Å². The molecule has 0 saturated heterocycles. The quantitative estimate of drug-likeness (QED) is 0.484. The summed E-state index contributed by atoms with van der Waals surface area (Å²) in [6, 6.07) is 0. The average molecular weight is 126 g/mol. The number of aryl methyl sites for hydroxylation is 1. The van der Waals surface area contributed by atoms with Gasteiger partial charge in [-0.15, -0.1) is 0 Å². The molecule has 0 aromatic carbocycles. The highest BCUT2D eigenvalue weighted by Gasteiger charge is 1.69. The predicted molar refractivity (Wildman–Crippen MR) is 40.7 cm³/mol. The lowest BCUT2D eigenvalue weighted by atomic mass is 10.9. The first kappa shape index (κ1) is 11.0. The van der Waals surface area contributed by atoms with Gasteiger partial charge in [-0.05, 0) is 0 Å². The van der Waals surface area contributed by atoms with E-state index >= 15 is 0 Å². The van der Waals surface area contributed by atoms with Crippen molar-refractivity contribution < 1.29 is 0 Å². The molecule has 0 amide bonds. The number of imidazole rings is 1. The van der Waals surface area contributed by atoms with E-state index in [2.05, 4.69) is 11.9 Å². The molecule has 0 unspecified atom stereocenters. The normalized spacial score (nSPS) is 6.44. The van der Waals surface area contributed by atoms with Gasteiger partial charge < -0.3 is 12.0 Å². The highest BCUT2D eigenvalue weighted by atomic mass is 15.0. The minimum atomic E-state index is 0. The lowest BCUT2D eigenvalue weighted by molar-refractivity contribution is 0.913. The fraction of sp³-hybridized carbons (Fsp3) is 0.286. The highest BCUT2D eigenvalue weighted by molar-refractivity contribution is 4.70. The fourth-order valence-corrected chi connectivity index (χ4v) is 0.326. The summed E-state index contributed by atoms with van der Waals surface area (Å²) in [6.45, 7) is 5.00. The summed E-state index contributed by atoms with van der Waals surface area (Å²) in [6.07, 6.45) is 5.39. The van der Waals surface area contributed by atoms with Crippen LogP contribution in [0.15, 0.2) is 18.7 Å². The van der Waals surface area contributed by atoms with Crippen LogP contribution in [0, 0.1) is 14.4 Å². The van der Waals surface area contributed by atoms with Crippen molar-refractivity contribution in [3.8, 4) is 0 Å². The van der Waals surface area contributed by atoms with Crippen molar-refractivity contribution in [2.45, 2.75) is 6.92 Å². The van der Waals surface area contributed by atoms with Gasteiger partial charge in [0.2, 0.25) is 0 Å². The van der Waals surface area contributed by atoms with Crippen LogP contribution in [0.3, 0.4) is 0 Å². The first-order chi connectivity index (χ1) is 3.89. The molecule has 0 aliphatic heterocycles. The first-order valence-corrected chi connectivity index (χ1v) is 2.52. The first-order valence-electron chi connectivity index (χ1n) is 2.52. The van der Waals surface area contributed by atoms with Crippen molar-refractivity contribution in [3.63, 3.8) is 0 Å². The molecule has 1 aromatic heterocycles. The summed E-state index contributed by atoms with van der Waals surface area (Å²) in [5.41, 5.74) is 0. The zero-order valence-corrected chi connectivity index (χ0v) is 6.33. The Balaban J connectivity index is 0. The molecule has 1 rings (SSSR count). The van der Waals surface area contributed by atoms with Crippen LogP contribution in [0.25, 0.3) is 0 Å². The van der Waals surface area contributed by atoms with Gasteiger partial charge in [0.05, 0.1) is 20.2 Å². The molecule has 0 saturated carbocycles. The van der Waals surface area contributed by atoms with Crippen molar-refractivity contribution in [1.82, 2.24) is 9.55 Å². The van der Waals surface area contributed by atoms with Gasteiger partial charge >= 0.3 is 0 Å². The Kier molecular flexibility index (Phi) is 8.62. The minimum absolute atomic E-state index is 0. The maximum absolute atomic E-state index is 3.78. The molecule has 0 aliphatic carbocycles. The maximum Gasteiger partial charge on any atom is 0.0943 e. The molecule has 1 heterocycles. The van der Waals surface area contributed by atoms with E-state index in [-0.39, 0.29) is 7.43 Å². The van der Waals surface area contributed by atoms with Crippen LogP contribution < -0.4 is 0 Å². The highest BCUT2D eigenvalue weighted by Crippen LogP contribution is 1.73. The molecular formula is C7H14N2. The molecule has 9 heavy (non-hydrogen) atoms. The third-order valence-corrected chi connectivity index (χ3v) is 0.637. The van der Waals surface area contributed by atoms with Crippen LogP contribution >= 0.6 is 0 Å². The van der Waals surface area contributed by atoms with E-state index in [0.29, 0.717) is 0 Å². The lowest BCUT2D eigenvalue weighted by Crippen LogP contribution is -1.76. The van der Waals surface area contributed by atoms with Gasteiger partial charge in [0.1, 0.15) is 0 Å². The van der Waals surface area contributed by atoms with Crippen LogP contribution in [-0.4, -0.2) is 9.55 Å². The molecule has 0 fully saturated rings. The topological polar surface area (TPSA) is 17.8 Å². The Hall–Kier alpha value is -0.920. The van der Waals surface area contributed by atoms with Gasteiger partial charge in [-0.2, -0.15) is 0 Å². The molecule has 0 radical (unpaired) electrons. The Morgan fingerprint density at radius 2 is 2.00 bits per heavy atom. The zero-order valence-electron chi connectivity index (χ0n) is 6.33. The third kappa shape index (κ3) is 4.94. The molecular weight excluding hydrogens is 112 g/mol. The van der Waals surface area contributed by atoms with E-state index in [1.54, 1.807) is 19.4 Å². The standard InChI is InChI=1S/C4H6N2.C2H5.CH3/c1-6-3-2-5-4-6;1-2;/h2-4H,1H3;1H2,2H3;1H3/q;+1;-1. The fourth-order valence-electron chi connectivity index (χ4n) is 0.326. The van der Waals surface area contributed by atoms with E-state index in [4.69, 9.17) is 0 Å². The SMILES string of the molecule is Cn1ccnc1.[CH2+]C.[CH3-]. The molecule has 2 nitrogen and oxygen atoms in total. The third-order valence-electron chi connectivity index (χ3n) is 0.637. The van der Waals surface area contributed by atoms with E-state index in [9.17, 15) is 0 Å². The van der Waals surface area contributed by atoms with E-state index in [0.717, 1.165) is 0 Å². The number of hydrogen-bond donors (Lipinski definition) is 0. The van der Waals surface area contributed by atoms with Gasteiger partial charge in [-0.25, -0.2) is 4.98 Å². The van der Waals surface area contributed by atoms with Crippen molar-refractivity contribution in [2.75, 3.05) is 0 Å². The molecule has 2 heteroatoms. The summed E-state index contributed by atoms with van der Waals surface area (Å²) < 4.78 is 1.89. The molecule has 0 spiro atoms. The summed E-state index contributed by atoms with van der Waals surface area (Å²) in [7, 11) is 1.94. The Labute approximate surface area is 57.5 Å². The predicted octanol–water partition coefficient (Wildman–Crippen LogP) is 1.71. The maximum atomic E-state index is 3.78. The lowest BCUT2D eigenvalue weighted by Gasteiger charge is -1.76. The Morgan fingerprint density at radius 3 is 2.11 bits per heavy atom.